The molecule has 0 amide bonds. The van der Waals surface area contributed by atoms with Gasteiger partial charge in [0, 0.05) is 25.8 Å². The molecule has 1 aliphatic heterocycles. The van der Waals surface area contributed by atoms with Crippen molar-refractivity contribution in [1.82, 2.24) is 14.7 Å². The molecule has 1 saturated heterocycles. The van der Waals surface area contributed by atoms with Gasteiger partial charge in [-0.05, 0) is 24.1 Å². The van der Waals surface area contributed by atoms with Crippen molar-refractivity contribution < 1.29 is 9.53 Å². The van der Waals surface area contributed by atoms with Crippen LogP contribution in [-0.2, 0) is 11.3 Å². The van der Waals surface area contributed by atoms with Gasteiger partial charge >= 0.3 is 5.97 Å². The summed E-state index contributed by atoms with van der Waals surface area (Å²) in [6, 6.07) is 17.7. The van der Waals surface area contributed by atoms with E-state index in [0.717, 1.165) is 31.7 Å². The van der Waals surface area contributed by atoms with E-state index in [0.29, 0.717) is 10.6 Å². The molecule has 0 radical (unpaired) electrons. The van der Waals surface area contributed by atoms with E-state index in [-0.39, 0.29) is 12.1 Å². The Morgan fingerprint density at radius 1 is 1.15 bits per heavy atom. The number of rotatable bonds is 5. The van der Waals surface area contributed by atoms with E-state index in [9.17, 15) is 4.79 Å². The highest BCUT2D eigenvalue weighted by atomic mass is 35.5. The van der Waals surface area contributed by atoms with Crippen LogP contribution < -0.4 is 0 Å². The van der Waals surface area contributed by atoms with Gasteiger partial charge < -0.3 is 4.74 Å². The molecule has 1 fully saturated rings. The monoisotopic (exact) mass is 381 g/mol. The van der Waals surface area contributed by atoms with Gasteiger partial charge in [-0.25, -0.2) is 9.48 Å². The Labute approximate surface area is 163 Å². The minimum atomic E-state index is -0.347. The normalized spacial score (nSPS) is 17.1. The molecule has 2 aromatic carbocycles. The zero-order valence-electron chi connectivity index (χ0n) is 14.8. The van der Waals surface area contributed by atoms with Gasteiger partial charge in [-0.15, -0.1) is 0 Å². The second kappa shape index (κ2) is 7.94. The van der Waals surface area contributed by atoms with Crippen LogP contribution in [0, 0.1) is 0 Å². The highest BCUT2D eigenvalue weighted by Crippen LogP contribution is 2.21. The summed E-state index contributed by atoms with van der Waals surface area (Å²) in [6.45, 7) is 2.55. The molecule has 1 atom stereocenters. The van der Waals surface area contributed by atoms with Gasteiger partial charge in [0.15, 0.2) is 0 Å². The van der Waals surface area contributed by atoms with Crippen molar-refractivity contribution >= 4 is 17.6 Å². The van der Waals surface area contributed by atoms with Crippen LogP contribution >= 0.6 is 11.6 Å². The molecule has 4 rings (SSSR count). The number of halogens is 1. The number of aromatic nitrogens is 2. The summed E-state index contributed by atoms with van der Waals surface area (Å²) >= 11 is 6.19. The van der Waals surface area contributed by atoms with Crippen molar-refractivity contribution in [3.05, 3.63) is 83.1 Å². The predicted octanol–water partition coefficient (Wildman–Crippen LogP) is 3.96. The first-order valence-corrected chi connectivity index (χ1v) is 9.34. The second-order valence-electron chi connectivity index (χ2n) is 6.66. The maximum Gasteiger partial charge on any atom is 0.341 e. The zero-order valence-corrected chi connectivity index (χ0v) is 15.5. The number of benzene rings is 2. The van der Waals surface area contributed by atoms with Gasteiger partial charge in [0.2, 0.25) is 0 Å². The fourth-order valence-corrected chi connectivity index (χ4v) is 3.52. The Balaban J connectivity index is 1.35. The first-order chi connectivity index (χ1) is 13.2. The Morgan fingerprint density at radius 2 is 1.93 bits per heavy atom. The SMILES string of the molecule is O=C(O[C@@H]1CCN(Cc2ccccc2)C1)c1cnn(-c2ccccc2Cl)c1. The van der Waals surface area contributed by atoms with Gasteiger partial charge in [0.1, 0.15) is 6.10 Å². The van der Waals surface area contributed by atoms with E-state index < -0.39 is 0 Å². The number of esters is 1. The van der Waals surface area contributed by atoms with Gasteiger partial charge in [0.05, 0.1) is 22.5 Å². The number of hydrogen-bond acceptors (Lipinski definition) is 4. The predicted molar refractivity (Wildman–Crippen MR) is 104 cm³/mol. The molecule has 0 unspecified atom stereocenters. The zero-order chi connectivity index (χ0) is 18.6. The van der Waals surface area contributed by atoms with E-state index in [1.165, 1.54) is 11.8 Å². The lowest BCUT2D eigenvalue weighted by molar-refractivity contribution is 0.0320. The van der Waals surface area contributed by atoms with Gasteiger partial charge in [-0.2, -0.15) is 5.10 Å². The summed E-state index contributed by atoms with van der Waals surface area (Å²) < 4.78 is 7.27. The molecule has 6 heteroatoms. The van der Waals surface area contributed by atoms with Crippen LogP contribution in [-0.4, -0.2) is 39.8 Å². The third kappa shape index (κ3) is 4.21. The topological polar surface area (TPSA) is 47.4 Å². The molecule has 0 spiro atoms. The number of likely N-dealkylation sites (tertiary alicyclic amines) is 1. The van der Waals surface area contributed by atoms with Crippen molar-refractivity contribution in [1.29, 1.82) is 0 Å². The molecular weight excluding hydrogens is 362 g/mol. The van der Waals surface area contributed by atoms with Crippen LogP contribution in [0.15, 0.2) is 67.0 Å². The molecule has 0 bridgehead atoms. The molecule has 0 aliphatic carbocycles. The summed E-state index contributed by atoms with van der Waals surface area (Å²) in [5.74, 6) is -0.347. The number of nitrogens with zero attached hydrogens (tertiary/aromatic N) is 3. The average Bonchev–Trinajstić information content (AvgIpc) is 3.33. The maximum atomic E-state index is 12.5. The van der Waals surface area contributed by atoms with E-state index >= 15 is 0 Å². The van der Waals surface area contributed by atoms with E-state index in [1.807, 2.05) is 36.4 Å². The molecule has 2 heterocycles. The quantitative estimate of drug-likeness (QED) is 0.628. The molecule has 3 aromatic rings. The fraction of sp³-hybridized carbons (Fsp3) is 0.238. The Hall–Kier alpha value is -2.63. The summed E-state index contributed by atoms with van der Waals surface area (Å²) in [5, 5.41) is 4.81. The number of ether oxygens (including phenoxy) is 1. The van der Waals surface area contributed by atoms with Crippen molar-refractivity contribution in [2.24, 2.45) is 0 Å². The number of carbonyl (C=O) groups is 1. The molecule has 138 valence electrons. The summed E-state index contributed by atoms with van der Waals surface area (Å²) in [4.78, 5) is 14.8. The molecule has 5 nitrogen and oxygen atoms in total. The molecule has 1 aliphatic rings. The summed E-state index contributed by atoms with van der Waals surface area (Å²) in [6.07, 6.45) is 3.92. The van der Waals surface area contributed by atoms with Crippen LogP contribution in [0.4, 0.5) is 0 Å². The fourth-order valence-electron chi connectivity index (χ4n) is 3.30. The number of para-hydroxylation sites is 1. The second-order valence-corrected chi connectivity index (χ2v) is 7.07. The average molecular weight is 382 g/mol. The van der Waals surface area contributed by atoms with Crippen molar-refractivity contribution in [2.75, 3.05) is 13.1 Å². The third-order valence-corrected chi connectivity index (χ3v) is 4.99. The van der Waals surface area contributed by atoms with Gasteiger partial charge in [0.25, 0.3) is 0 Å². The first-order valence-electron chi connectivity index (χ1n) is 8.96. The lowest BCUT2D eigenvalue weighted by Gasteiger charge is -2.16. The minimum absolute atomic E-state index is 0.0927. The van der Waals surface area contributed by atoms with Crippen molar-refractivity contribution in [3.8, 4) is 5.69 Å². The first kappa shape index (κ1) is 17.8. The van der Waals surface area contributed by atoms with E-state index in [4.69, 9.17) is 16.3 Å². The molecule has 27 heavy (non-hydrogen) atoms. The lowest BCUT2D eigenvalue weighted by Crippen LogP contribution is -2.24. The minimum Gasteiger partial charge on any atom is -0.457 e. The molecule has 0 N–H and O–H groups in total. The highest BCUT2D eigenvalue weighted by molar-refractivity contribution is 6.32. The smallest absolute Gasteiger partial charge is 0.341 e. The summed E-state index contributed by atoms with van der Waals surface area (Å²) in [7, 11) is 0. The number of carbonyl (C=O) groups excluding carboxylic acids is 1. The van der Waals surface area contributed by atoms with Crippen LogP contribution in [0.5, 0.6) is 0 Å². The van der Waals surface area contributed by atoms with Crippen molar-refractivity contribution in [3.63, 3.8) is 0 Å². The van der Waals surface area contributed by atoms with E-state index in [2.05, 4.69) is 22.1 Å². The van der Waals surface area contributed by atoms with Crippen molar-refractivity contribution in [2.45, 2.75) is 19.1 Å². The van der Waals surface area contributed by atoms with Crippen LogP contribution in [0.25, 0.3) is 5.69 Å². The lowest BCUT2D eigenvalue weighted by atomic mass is 10.2. The molecular formula is C21H20ClN3O2. The highest BCUT2D eigenvalue weighted by Gasteiger charge is 2.26. The molecule has 1 aromatic heterocycles. The largest absolute Gasteiger partial charge is 0.457 e. The Morgan fingerprint density at radius 3 is 2.74 bits per heavy atom. The van der Waals surface area contributed by atoms with Crippen LogP contribution in [0.3, 0.4) is 0 Å². The van der Waals surface area contributed by atoms with Crippen LogP contribution in [0.2, 0.25) is 5.02 Å². The van der Waals surface area contributed by atoms with Gasteiger partial charge in [-0.3, -0.25) is 4.90 Å². The Kier molecular flexibility index (Phi) is 5.23. The van der Waals surface area contributed by atoms with Gasteiger partial charge in [-0.1, -0.05) is 54.1 Å². The standard InChI is InChI=1S/C21H20ClN3O2/c22-19-8-4-5-9-20(19)25-14-17(12-23-25)21(26)27-18-10-11-24(15-18)13-16-6-2-1-3-7-16/h1-9,12,14,18H,10-11,13,15H2/t18-/m1/s1. The van der Waals surface area contributed by atoms with E-state index in [1.54, 1.807) is 16.9 Å². The Bertz CT molecular complexity index is 926. The van der Waals surface area contributed by atoms with Crippen LogP contribution in [0.1, 0.15) is 22.3 Å². The number of hydrogen-bond donors (Lipinski definition) is 0. The third-order valence-electron chi connectivity index (χ3n) is 4.67. The maximum absolute atomic E-state index is 12.5. The molecule has 0 saturated carbocycles. The summed E-state index contributed by atoms with van der Waals surface area (Å²) in [5.41, 5.74) is 2.43.